The van der Waals surface area contributed by atoms with Gasteiger partial charge >= 0.3 is 5.97 Å². The zero-order valence-electron chi connectivity index (χ0n) is 5.55. The van der Waals surface area contributed by atoms with E-state index in [2.05, 4.69) is 0 Å². The maximum Gasteiger partial charge on any atom is 0.313 e. The van der Waals surface area contributed by atoms with Crippen molar-refractivity contribution in [3.8, 4) is 0 Å². The highest BCUT2D eigenvalue weighted by Gasteiger charge is 2.17. The van der Waals surface area contributed by atoms with Gasteiger partial charge in [-0.15, -0.1) is 0 Å². The number of carboxylic acid groups (broad SMARTS) is 1. The van der Waals surface area contributed by atoms with E-state index in [1.54, 1.807) is 6.92 Å². The van der Waals surface area contributed by atoms with Crippen LogP contribution in [0.1, 0.15) is 20.3 Å². The van der Waals surface area contributed by atoms with Crippen LogP contribution in [0.2, 0.25) is 0 Å². The van der Waals surface area contributed by atoms with E-state index in [9.17, 15) is 9.59 Å². The fraction of sp³-hybridized carbons (Fsp3) is 0.667. The van der Waals surface area contributed by atoms with Crippen LogP contribution in [0.15, 0.2) is 0 Å². The Morgan fingerprint density at radius 3 is 2.11 bits per heavy atom. The van der Waals surface area contributed by atoms with E-state index in [1.165, 1.54) is 6.92 Å². The highest BCUT2D eigenvalue weighted by Crippen LogP contribution is 1.98. The molecule has 0 spiro atoms. The highest BCUT2D eigenvalue weighted by molar-refractivity contribution is 5.97. The zero-order chi connectivity index (χ0) is 7.44. The van der Waals surface area contributed by atoms with E-state index in [4.69, 9.17) is 5.11 Å². The molecule has 9 heavy (non-hydrogen) atoms. The molecule has 0 heterocycles. The van der Waals surface area contributed by atoms with Crippen molar-refractivity contribution in [3.63, 3.8) is 0 Å². The molecule has 0 aromatic heterocycles. The first kappa shape index (κ1) is 8.14. The maximum absolute atomic E-state index is 10.6. The Balaban J connectivity index is 3.88. The number of carboxylic acids is 1. The highest BCUT2D eigenvalue weighted by atomic mass is 16.4. The van der Waals surface area contributed by atoms with Gasteiger partial charge in [0, 0.05) is 6.42 Å². The van der Waals surface area contributed by atoms with Crippen LogP contribution in [0.4, 0.5) is 0 Å². The Morgan fingerprint density at radius 1 is 1.56 bits per heavy atom. The molecule has 0 fully saturated rings. The van der Waals surface area contributed by atoms with Crippen molar-refractivity contribution in [1.29, 1.82) is 0 Å². The molecule has 0 aliphatic heterocycles. The molecule has 0 bridgehead atoms. The predicted octanol–water partition coefficient (Wildman–Crippen LogP) is 0.686. The number of carbonyl (C=O) groups excluding carboxylic acids is 1. The van der Waals surface area contributed by atoms with Crippen LogP contribution >= 0.6 is 0 Å². The van der Waals surface area contributed by atoms with E-state index in [1.807, 2.05) is 0 Å². The van der Waals surface area contributed by atoms with E-state index in [0.29, 0.717) is 6.42 Å². The lowest BCUT2D eigenvalue weighted by molar-refractivity contribution is -0.145. The molecule has 1 atom stereocenters. The molecule has 3 heteroatoms. The standard InChI is InChI=1S/C6H10O3/c1-3-5(7)4(2)6(8)9/h4H,3H2,1-2H3,(H,8,9)/t4-/m0/s1. The lowest BCUT2D eigenvalue weighted by Crippen LogP contribution is -2.19. The van der Waals surface area contributed by atoms with Gasteiger partial charge in [-0.1, -0.05) is 6.92 Å². The molecule has 0 aromatic rings. The third-order valence-corrected chi connectivity index (χ3v) is 1.20. The van der Waals surface area contributed by atoms with Gasteiger partial charge in [-0.3, -0.25) is 9.59 Å². The van der Waals surface area contributed by atoms with Gasteiger partial charge in [0.2, 0.25) is 0 Å². The van der Waals surface area contributed by atoms with Gasteiger partial charge in [0.05, 0.1) is 0 Å². The summed E-state index contributed by atoms with van der Waals surface area (Å²) in [6.45, 7) is 3.05. The van der Waals surface area contributed by atoms with E-state index >= 15 is 0 Å². The number of rotatable bonds is 3. The molecule has 0 unspecified atom stereocenters. The van der Waals surface area contributed by atoms with Crippen molar-refractivity contribution in [2.75, 3.05) is 0 Å². The van der Waals surface area contributed by atoms with Crippen LogP contribution in [-0.2, 0) is 9.59 Å². The molecule has 0 aliphatic rings. The van der Waals surface area contributed by atoms with Gasteiger partial charge < -0.3 is 5.11 Å². The fourth-order valence-corrected chi connectivity index (χ4v) is 0.444. The van der Waals surface area contributed by atoms with Crippen LogP contribution in [0.5, 0.6) is 0 Å². The summed E-state index contributed by atoms with van der Waals surface area (Å²) in [4.78, 5) is 20.7. The third kappa shape index (κ3) is 2.26. The first-order valence-corrected chi connectivity index (χ1v) is 2.85. The summed E-state index contributed by atoms with van der Waals surface area (Å²) in [6, 6.07) is 0. The lowest BCUT2D eigenvalue weighted by atomic mass is 10.1. The van der Waals surface area contributed by atoms with Crippen molar-refractivity contribution in [1.82, 2.24) is 0 Å². The molecular formula is C6H10O3. The minimum atomic E-state index is -1.04. The minimum absolute atomic E-state index is 0.220. The van der Waals surface area contributed by atoms with E-state index in [0.717, 1.165) is 0 Å². The summed E-state index contributed by atoms with van der Waals surface area (Å²) >= 11 is 0. The second-order valence-corrected chi connectivity index (χ2v) is 1.88. The predicted molar refractivity (Wildman–Crippen MR) is 32.1 cm³/mol. The molecule has 0 aliphatic carbocycles. The molecule has 0 amide bonds. The summed E-state index contributed by atoms with van der Waals surface area (Å²) < 4.78 is 0. The van der Waals surface area contributed by atoms with E-state index in [-0.39, 0.29) is 5.78 Å². The fourth-order valence-electron chi connectivity index (χ4n) is 0.444. The number of hydrogen-bond acceptors (Lipinski definition) is 2. The van der Waals surface area contributed by atoms with Crippen LogP contribution in [0, 0.1) is 5.92 Å². The summed E-state index contributed by atoms with van der Waals surface area (Å²) in [5.41, 5.74) is 0. The first-order chi connectivity index (χ1) is 4.09. The maximum atomic E-state index is 10.6. The van der Waals surface area contributed by atoms with Crippen LogP contribution in [-0.4, -0.2) is 16.9 Å². The largest absolute Gasteiger partial charge is 0.481 e. The van der Waals surface area contributed by atoms with E-state index < -0.39 is 11.9 Å². The van der Waals surface area contributed by atoms with Gasteiger partial charge in [0.25, 0.3) is 0 Å². The van der Waals surface area contributed by atoms with Gasteiger partial charge in [0.1, 0.15) is 11.7 Å². The summed E-state index contributed by atoms with van der Waals surface area (Å²) in [6.07, 6.45) is 0.299. The third-order valence-electron chi connectivity index (χ3n) is 1.20. The number of hydrogen-bond donors (Lipinski definition) is 1. The number of aliphatic carboxylic acids is 1. The molecule has 0 saturated carbocycles. The van der Waals surface area contributed by atoms with Crippen molar-refractivity contribution >= 4 is 11.8 Å². The van der Waals surface area contributed by atoms with Crippen LogP contribution < -0.4 is 0 Å². The Hall–Kier alpha value is -0.860. The van der Waals surface area contributed by atoms with Gasteiger partial charge in [-0.2, -0.15) is 0 Å². The van der Waals surface area contributed by atoms with Gasteiger partial charge in [0.15, 0.2) is 0 Å². The summed E-state index contributed by atoms with van der Waals surface area (Å²) in [5, 5.41) is 8.26. The van der Waals surface area contributed by atoms with Gasteiger partial charge in [-0.25, -0.2) is 0 Å². The molecule has 0 radical (unpaired) electrons. The quantitative estimate of drug-likeness (QED) is 0.572. The van der Waals surface area contributed by atoms with Crippen molar-refractivity contribution in [2.24, 2.45) is 5.92 Å². The molecule has 0 aromatic carbocycles. The molecule has 0 rings (SSSR count). The smallest absolute Gasteiger partial charge is 0.313 e. The number of carbonyl (C=O) groups is 2. The first-order valence-electron chi connectivity index (χ1n) is 2.85. The monoisotopic (exact) mass is 130 g/mol. The second kappa shape index (κ2) is 3.22. The average molecular weight is 130 g/mol. The van der Waals surface area contributed by atoms with Crippen molar-refractivity contribution in [2.45, 2.75) is 20.3 Å². The van der Waals surface area contributed by atoms with Gasteiger partial charge in [-0.05, 0) is 6.92 Å². The molecule has 1 N–H and O–H groups in total. The van der Waals surface area contributed by atoms with Crippen molar-refractivity contribution < 1.29 is 14.7 Å². The Kier molecular flexibility index (Phi) is 2.91. The summed E-state index contributed by atoms with van der Waals surface area (Å²) in [5.74, 6) is -2.10. The molecule has 3 nitrogen and oxygen atoms in total. The Morgan fingerprint density at radius 2 is 2.00 bits per heavy atom. The molecule has 52 valence electrons. The number of Topliss-reactive ketones (excluding diaryl/α,β-unsaturated/α-hetero) is 1. The number of ketones is 1. The van der Waals surface area contributed by atoms with Crippen LogP contribution in [0.3, 0.4) is 0 Å². The molecular weight excluding hydrogens is 120 g/mol. The van der Waals surface area contributed by atoms with Crippen LogP contribution in [0.25, 0.3) is 0 Å². The summed E-state index contributed by atoms with van der Waals surface area (Å²) in [7, 11) is 0. The Bertz CT molecular complexity index is 128. The second-order valence-electron chi connectivity index (χ2n) is 1.88. The normalized spacial score (nSPS) is 12.7. The Labute approximate surface area is 53.7 Å². The SMILES string of the molecule is CCC(=O)[C@H](C)C(=O)O. The van der Waals surface area contributed by atoms with Crippen molar-refractivity contribution in [3.05, 3.63) is 0 Å². The zero-order valence-corrected chi connectivity index (χ0v) is 5.55. The average Bonchev–Trinajstić information content (AvgIpc) is 1.84. The topological polar surface area (TPSA) is 54.4 Å². The lowest BCUT2D eigenvalue weighted by Gasteiger charge is -1.99. The molecule has 0 saturated heterocycles. The minimum Gasteiger partial charge on any atom is -0.481 e.